The van der Waals surface area contributed by atoms with E-state index in [1.807, 2.05) is 109 Å². The number of aromatic carboxylic acids is 1. The van der Waals surface area contributed by atoms with Crippen molar-refractivity contribution in [1.82, 2.24) is 0 Å². The minimum absolute atomic E-state index is 0.0260. The summed E-state index contributed by atoms with van der Waals surface area (Å²) in [5, 5.41) is 34.3. The maximum absolute atomic E-state index is 13.9. The third kappa shape index (κ3) is 8.37. The van der Waals surface area contributed by atoms with E-state index < -0.39 is 16.4 Å². The normalized spacial score (nSPS) is 11.8. The molecule has 0 heterocycles. The Bertz CT molecular complexity index is 5650. The SMILES string of the molecule is O=COc1cc(-c2cccc3ccccc23)c(C(=O)O)cc1-c1ccc2c3ccccc3c3ccccc3c2c1.O=S(=O)(O)O.O=c1c2cc3c(cc2c2cc4c5ccccc5c5ccccc5c4cc12)c(=O)c1ccc2ccccc2c13. The van der Waals surface area contributed by atoms with Crippen LogP contribution in [0.3, 0.4) is 0 Å². The van der Waals surface area contributed by atoms with Gasteiger partial charge in [-0.1, -0.05) is 182 Å². The maximum Gasteiger partial charge on any atom is 0.394 e. The van der Waals surface area contributed by atoms with Crippen molar-refractivity contribution in [2.24, 2.45) is 0 Å². The first-order valence-electron chi connectivity index (χ1n) is 26.5. The van der Waals surface area contributed by atoms with Crippen molar-refractivity contribution >= 4 is 152 Å². The Morgan fingerprint density at radius 2 is 0.723 bits per heavy atom. The Labute approximate surface area is 471 Å². The molecule has 10 nitrogen and oxygen atoms in total. The number of carbonyl (C=O) groups is 2. The van der Waals surface area contributed by atoms with E-state index in [0.29, 0.717) is 44.9 Å². The standard InChI is InChI=1S/C36H22O4.C36H18O2.H2O4S/c37-21-40-35-20-33(25-15-7-9-22-8-1-2-10-24(22)25)34(36(38)39)19-31(35)23-16-17-30-28-13-4-3-11-26(28)27-12-5-6-14-29(27)32(30)18-23;37-35-25-14-13-19-7-1-2-8-20(19)34(25)30-18-32-29(17-33(30)35)28-15-26-23-11-5-3-9-21(23)22-10-4-6-12-24(22)27(26)16-31(28)36(32)38;1-5(2,3)4/h1-21H,(H,38,39);1-18H;(H2,1,2,3,4). The molecule has 0 atom stereocenters. The smallest absolute Gasteiger partial charge is 0.394 e. The van der Waals surface area contributed by atoms with Crippen LogP contribution in [0.4, 0.5) is 0 Å². The van der Waals surface area contributed by atoms with Crippen molar-refractivity contribution in [2.45, 2.75) is 0 Å². The van der Waals surface area contributed by atoms with Gasteiger partial charge in [-0.3, -0.25) is 23.5 Å². The maximum atomic E-state index is 13.9. The second-order valence-electron chi connectivity index (χ2n) is 20.6. The van der Waals surface area contributed by atoms with Crippen LogP contribution in [0.1, 0.15) is 10.4 Å². The van der Waals surface area contributed by atoms with E-state index in [1.54, 1.807) is 12.1 Å². The summed E-state index contributed by atoms with van der Waals surface area (Å²) in [5.74, 6) is -0.758. The van der Waals surface area contributed by atoms with Crippen LogP contribution >= 0.6 is 0 Å². The quantitative estimate of drug-likeness (QED) is 0.0855. The Balaban J connectivity index is 0.000000137. The third-order valence-electron chi connectivity index (χ3n) is 16.2. The summed E-state index contributed by atoms with van der Waals surface area (Å²) in [6.07, 6.45) is 0. The monoisotopic (exact) mass is 1100 g/mol. The number of hydrogen-bond acceptors (Lipinski definition) is 7. The van der Waals surface area contributed by atoms with Crippen LogP contribution in [0.5, 0.6) is 5.75 Å². The molecule has 83 heavy (non-hydrogen) atoms. The molecule has 0 spiro atoms. The summed E-state index contributed by atoms with van der Waals surface area (Å²) in [5.41, 5.74) is 2.73. The minimum Gasteiger partial charge on any atom is -0.478 e. The number of carbonyl (C=O) groups excluding carboxylic acids is 1. The van der Waals surface area contributed by atoms with Crippen LogP contribution in [0.15, 0.2) is 240 Å². The second-order valence-corrected chi connectivity index (χ2v) is 21.5. The lowest BCUT2D eigenvalue weighted by molar-refractivity contribution is -0.120. The van der Waals surface area contributed by atoms with Crippen molar-refractivity contribution in [1.29, 1.82) is 0 Å². The van der Waals surface area contributed by atoms with Gasteiger partial charge in [-0.25, -0.2) is 4.79 Å². The van der Waals surface area contributed by atoms with Gasteiger partial charge in [0.05, 0.1) is 5.56 Å². The summed E-state index contributed by atoms with van der Waals surface area (Å²) in [6, 6.07) is 76.6. The molecule has 0 fully saturated rings. The second kappa shape index (κ2) is 19.5. The van der Waals surface area contributed by atoms with Gasteiger partial charge in [0, 0.05) is 38.1 Å². The highest BCUT2D eigenvalue weighted by Gasteiger charge is 2.23. The van der Waals surface area contributed by atoms with Crippen LogP contribution in [0.2, 0.25) is 0 Å². The summed E-state index contributed by atoms with van der Waals surface area (Å²) >= 11 is 0. The molecule has 3 N–H and O–H groups in total. The summed E-state index contributed by atoms with van der Waals surface area (Å²) in [4.78, 5) is 51.7. The van der Waals surface area contributed by atoms with Crippen molar-refractivity contribution < 1.29 is 37.0 Å². The van der Waals surface area contributed by atoms with Gasteiger partial charge in [0.1, 0.15) is 5.75 Å². The van der Waals surface area contributed by atoms with Crippen LogP contribution in [-0.2, 0) is 15.2 Å². The van der Waals surface area contributed by atoms with Crippen LogP contribution in [0, 0.1) is 0 Å². The van der Waals surface area contributed by atoms with E-state index in [9.17, 15) is 24.3 Å². The van der Waals surface area contributed by atoms with Crippen molar-refractivity contribution in [3.63, 3.8) is 0 Å². The highest BCUT2D eigenvalue weighted by molar-refractivity contribution is 7.79. The molecule has 0 radical (unpaired) electrons. The fourth-order valence-corrected chi connectivity index (χ4v) is 12.7. The molecule has 0 saturated heterocycles. The first-order chi connectivity index (χ1) is 40.3. The lowest BCUT2D eigenvalue weighted by Gasteiger charge is -2.16. The molecule has 16 aromatic carbocycles. The van der Waals surface area contributed by atoms with E-state index >= 15 is 0 Å². The summed E-state index contributed by atoms with van der Waals surface area (Å²) in [7, 11) is -4.67. The Morgan fingerprint density at radius 1 is 0.349 bits per heavy atom. The first kappa shape index (κ1) is 50.5. The molecule has 396 valence electrons. The predicted molar refractivity (Wildman–Crippen MR) is 337 cm³/mol. The van der Waals surface area contributed by atoms with Crippen molar-refractivity contribution in [3.8, 4) is 28.0 Å². The molecule has 0 aliphatic carbocycles. The van der Waals surface area contributed by atoms with Gasteiger partial charge in [-0.2, -0.15) is 8.42 Å². The van der Waals surface area contributed by atoms with Crippen LogP contribution in [-0.4, -0.2) is 35.1 Å². The van der Waals surface area contributed by atoms with E-state index in [0.717, 1.165) is 97.3 Å². The topological polar surface area (TPSA) is 172 Å². The zero-order chi connectivity index (χ0) is 56.8. The third-order valence-corrected chi connectivity index (χ3v) is 16.2. The number of ether oxygens (including phenoxy) is 1. The van der Waals surface area contributed by atoms with Crippen molar-refractivity contribution in [3.05, 3.63) is 257 Å². The van der Waals surface area contributed by atoms with Crippen LogP contribution < -0.4 is 15.6 Å². The molecule has 0 bridgehead atoms. The zero-order valence-electron chi connectivity index (χ0n) is 43.6. The number of hydrogen-bond donors (Lipinski definition) is 3. The highest BCUT2D eigenvalue weighted by Crippen LogP contribution is 2.44. The fourth-order valence-electron chi connectivity index (χ4n) is 12.7. The average Bonchev–Trinajstić information content (AvgIpc) is 4.04. The first-order valence-corrected chi connectivity index (χ1v) is 27.9. The number of benzene rings is 14. The molecule has 16 rings (SSSR count). The largest absolute Gasteiger partial charge is 0.478 e. The number of carboxylic acid groups (broad SMARTS) is 1. The zero-order valence-corrected chi connectivity index (χ0v) is 44.4. The number of carboxylic acids is 1. The van der Waals surface area contributed by atoms with Gasteiger partial charge in [0.2, 0.25) is 0 Å². The molecule has 11 heteroatoms. The molecule has 0 aromatic heterocycles. The van der Waals surface area contributed by atoms with E-state index in [1.165, 1.54) is 21.5 Å². The molecular formula is C72H42O10S. The summed E-state index contributed by atoms with van der Waals surface area (Å²) < 4.78 is 37.1. The average molecular weight is 1100 g/mol. The highest BCUT2D eigenvalue weighted by atomic mass is 32.3. The summed E-state index contributed by atoms with van der Waals surface area (Å²) in [6.45, 7) is 0.385. The molecule has 0 saturated carbocycles. The fraction of sp³-hybridized carbons (Fsp3) is 0. The van der Waals surface area contributed by atoms with Gasteiger partial charge < -0.3 is 9.84 Å². The van der Waals surface area contributed by atoms with E-state index in [4.69, 9.17) is 22.3 Å². The Morgan fingerprint density at radius 3 is 1.24 bits per heavy atom. The molecule has 0 amide bonds. The molecule has 0 aliphatic rings. The minimum atomic E-state index is -4.67. The van der Waals surface area contributed by atoms with E-state index in [2.05, 4.69) is 109 Å². The molecule has 0 aliphatic heterocycles. The number of rotatable bonds is 5. The van der Waals surface area contributed by atoms with E-state index in [-0.39, 0.29) is 16.4 Å². The van der Waals surface area contributed by atoms with Gasteiger partial charge in [0.15, 0.2) is 10.9 Å². The molecule has 0 unspecified atom stereocenters. The van der Waals surface area contributed by atoms with Gasteiger partial charge in [-0.15, -0.1) is 0 Å². The van der Waals surface area contributed by atoms with Crippen molar-refractivity contribution in [2.75, 3.05) is 0 Å². The lowest BCUT2D eigenvalue weighted by Crippen LogP contribution is -2.03. The Kier molecular flexibility index (Phi) is 11.9. The lowest BCUT2D eigenvalue weighted by atomic mass is 9.89. The van der Waals surface area contributed by atoms with Gasteiger partial charge >= 0.3 is 16.4 Å². The van der Waals surface area contributed by atoms with Crippen LogP contribution in [0.25, 0.3) is 152 Å². The Hall–Kier alpha value is -10.7. The predicted octanol–water partition coefficient (Wildman–Crippen LogP) is 16.7. The van der Waals surface area contributed by atoms with Gasteiger partial charge in [0.25, 0.3) is 6.47 Å². The molecule has 16 aromatic rings. The molecular weight excluding hydrogens is 1060 g/mol. The number of fused-ring (bicyclic) bond motifs is 21. The van der Waals surface area contributed by atoms with Gasteiger partial charge in [-0.05, 0) is 162 Å².